The van der Waals surface area contributed by atoms with Gasteiger partial charge in [0.05, 0.1) is 0 Å². The molecular weight excluding hydrogens is 194 g/mol. The summed E-state index contributed by atoms with van der Waals surface area (Å²) in [5.41, 5.74) is 8.07. The summed E-state index contributed by atoms with van der Waals surface area (Å²) in [6, 6.07) is 0.177. The average molecular weight is 209 g/mol. The van der Waals surface area contributed by atoms with Crippen molar-refractivity contribution < 1.29 is 0 Å². The Balaban J connectivity index is 2.63. The topological polar surface area (TPSA) is 75.7 Å². The van der Waals surface area contributed by atoms with E-state index in [-0.39, 0.29) is 11.7 Å². The molecule has 6 heteroatoms. The molecule has 1 aromatic heterocycles. The van der Waals surface area contributed by atoms with E-state index in [0.717, 1.165) is 0 Å². The number of azide groups is 1. The van der Waals surface area contributed by atoms with Crippen molar-refractivity contribution in [2.75, 3.05) is 6.54 Å². The van der Waals surface area contributed by atoms with Gasteiger partial charge >= 0.3 is 5.69 Å². The number of rotatable bonds is 5. The molecule has 0 unspecified atom stereocenters. The molecule has 82 valence electrons. The first-order valence-corrected chi connectivity index (χ1v) is 4.95. The minimum Gasteiger partial charge on any atom is -0.299 e. The second-order valence-electron chi connectivity index (χ2n) is 3.58. The molecule has 1 rings (SSSR count). The van der Waals surface area contributed by atoms with Crippen molar-refractivity contribution in [2.45, 2.75) is 32.9 Å². The van der Waals surface area contributed by atoms with Gasteiger partial charge in [0.1, 0.15) is 0 Å². The Labute approximate surface area is 87.8 Å². The Morgan fingerprint density at radius 1 is 1.53 bits per heavy atom. The second-order valence-corrected chi connectivity index (χ2v) is 3.58. The van der Waals surface area contributed by atoms with Crippen LogP contribution in [0.15, 0.2) is 22.3 Å². The fourth-order valence-electron chi connectivity index (χ4n) is 1.35. The molecule has 0 radical (unpaired) electrons. The van der Waals surface area contributed by atoms with Crippen LogP contribution in [-0.2, 0) is 6.54 Å². The molecular formula is C9H15N5O. The van der Waals surface area contributed by atoms with E-state index in [4.69, 9.17) is 5.53 Å². The van der Waals surface area contributed by atoms with Crippen LogP contribution in [0.1, 0.15) is 26.3 Å². The molecule has 0 N–H and O–H groups in total. The Bertz CT molecular complexity index is 410. The highest BCUT2D eigenvalue weighted by Crippen LogP contribution is 1.99. The lowest BCUT2D eigenvalue weighted by Crippen LogP contribution is -2.25. The maximum absolute atomic E-state index is 11.7. The van der Waals surface area contributed by atoms with Crippen LogP contribution in [0.4, 0.5) is 0 Å². The van der Waals surface area contributed by atoms with Crippen LogP contribution in [0, 0.1) is 0 Å². The van der Waals surface area contributed by atoms with E-state index in [1.807, 2.05) is 13.8 Å². The van der Waals surface area contributed by atoms with Crippen LogP contribution >= 0.6 is 0 Å². The van der Waals surface area contributed by atoms with Crippen molar-refractivity contribution >= 4 is 0 Å². The molecule has 0 fully saturated rings. The number of aromatic nitrogens is 2. The van der Waals surface area contributed by atoms with Gasteiger partial charge < -0.3 is 0 Å². The Hall–Kier alpha value is -1.68. The van der Waals surface area contributed by atoms with Crippen LogP contribution in [0.5, 0.6) is 0 Å². The molecule has 0 bridgehead atoms. The van der Waals surface area contributed by atoms with Crippen LogP contribution in [0.2, 0.25) is 0 Å². The van der Waals surface area contributed by atoms with Gasteiger partial charge in [0.25, 0.3) is 0 Å². The summed E-state index contributed by atoms with van der Waals surface area (Å²) in [7, 11) is 0. The Morgan fingerprint density at radius 3 is 2.80 bits per heavy atom. The Kier molecular flexibility index (Phi) is 4.00. The van der Waals surface area contributed by atoms with Gasteiger partial charge in [-0.15, -0.1) is 0 Å². The number of hydrogen-bond donors (Lipinski definition) is 0. The van der Waals surface area contributed by atoms with Gasteiger partial charge in [0.2, 0.25) is 0 Å². The van der Waals surface area contributed by atoms with Crippen LogP contribution < -0.4 is 5.69 Å². The van der Waals surface area contributed by atoms with E-state index in [2.05, 4.69) is 10.0 Å². The monoisotopic (exact) mass is 209 g/mol. The minimum absolute atomic E-state index is 0.00839. The molecule has 0 aromatic carbocycles. The largest absolute Gasteiger partial charge is 0.328 e. The van der Waals surface area contributed by atoms with Gasteiger partial charge in [-0.1, -0.05) is 5.11 Å². The molecule has 0 aliphatic carbocycles. The predicted molar refractivity (Wildman–Crippen MR) is 57.7 cm³/mol. The van der Waals surface area contributed by atoms with E-state index >= 15 is 0 Å². The summed E-state index contributed by atoms with van der Waals surface area (Å²) in [5, 5.41) is 3.42. The molecule has 0 aliphatic rings. The van der Waals surface area contributed by atoms with E-state index in [1.165, 1.54) is 0 Å². The zero-order valence-electron chi connectivity index (χ0n) is 9.00. The normalized spacial score (nSPS) is 10.3. The standard InChI is InChI=1S/C9H15N5O/c1-8(2)14-7-6-13(9(14)15)5-3-4-11-12-10/h6-8H,3-5H2,1-2H3. The number of hydrogen-bond acceptors (Lipinski definition) is 2. The lowest BCUT2D eigenvalue weighted by molar-refractivity contribution is 0.544. The first-order chi connectivity index (χ1) is 7.16. The van der Waals surface area contributed by atoms with Crippen LogP contribution in [0.25, 0.3) is 10.4 Å². The third-order valence-corrected chi connectivity index (χ3v) is 2.15. The highest BCUT2D eigenvalue weighted by molar-refractivity contribution is 4.83. The zero-order valence-corrected chi connectivity index (χ0v) is 9.00. The van der Waals surface area contributed by atoms with E-state index in [9.17, 15) is 4.79 Å². The summed E-state index contributed by atoms with van der Waals surface area (Å²) >= 11 is 0. The molecule has 6 nitrogen and oxygen atoms in total. The highest BCUT2D eigenvalue weighted by Gasteiger charge is 2.04. The number of nitrogens with zero attached hydrogens (tertiary/aromatic N) is 5. The van der Waals surface area contributed by atoms with Crippen molar-refractivity contribution in [2.24, 2.45) is 5.11 Å². The van der Waals surface area contributed by atoms with Gasteiger partial charge in [-0.25, -0.2) is 4.79 Å². The molecule has 0 saturated heterocycles. The van der Waals surface area contributed by atoms with Gasteiger partial charge in [0, 0.05) is 36.4 Å². The van der Waals surface area contributed by atoms with Gasteiger partial charge in [-0.3, -0.25) is 9.13 Å². The average Bonchev–Trinajstić information content (AvgIpc) is 2.55. The molecule has 0 atom stereocenters. The van der Waals surface area contributed by atoms with Crippen molar-refractivity contribution in [3.63, 3.8) is 0 Å². The summed E-state index contributed by atoms with van der Waals surface area (Å²) in [4.78, 5) is 14.4. The molecule has 0 aliphatic heterocycles. The minimum atomic E-state index is -0.00839. The zero-order chi connectivity index (χ0) is 11.3. The summed E-state index contributed by atoms with van der Waals surface area (Å²) < 4.78 is 3.31. The summed E-state index contributed by atoms with van der Waals surface area (Å²) in [6.07, 6.45) is 4.23. The molecule has 0 spiro atoms. The number of imidazole rings is 1. The summed E-state index contributed by atoms with van der Waals surface area (Å²) in [6.45, 7) is 4.95. The van der Waals surface area contributed by atoms with Crippen molar-refractivity contribution in [1.29, 1.82) is 0 Å². The fourth-order valence-corrected chi connectivity index (χ4v) is 1.35. The fraction of sp³-hybridized carbons (Fsp3) is 0.667. The molecule has 0 amide bonds. The van der Waals surface area contributed by atoms with Crippen LogP contribution in [0.3, 0.4) is 0 Å². The predicted octanol–water partition coefficient (Wildman–Crippen LogP) is 1.93. The van der Waals surface area contributed by atoms with Crippen molar-refractivity contribution in [1.82, 2.24) is 9.13 Å². The SMILES string of the molecule is CC(C)n1ccn(CCCN=[N+]=[N-])c1=O. The van der Waals surface area contributed by atoms with Gasteiger partial charge in [-0.05, 0) is 25.8 Å². The quantitative estimate of drug-likeness (QED) is 0.316. The highest BCUT2D eigenvalue weighted by atomic mass is 16.1. The first-order valence-electron chi connectivity index (χ1n) is 4.95. The van der Waals surface area contributed by atoms with Gasteiger partial charge in [0.15, 0.2) is 0 Å². The van der Waals surface area contributed by atoms with Crippen molar-refractivity contribution in [3.05, 3.63) is 33.3 Å². The molecule has 1 heterocycles. The van der Waals surface area contributed by atoms with Crippen LogP contribution in [-0.4, -0.2) is 15.7 Å². The molecule has 0 saturated carbocycles. The lowest BCUT2D eigenvalue weighted by atomic mass is 10.4. The third kappa shape index (κ3) is 2.89. The van der Waals surface area contributed by atoms with Gasteiger partial charge in [-0.2, -0.15) is 0 Å². The molecule has 1 aromatic rings. The first kappa shape index (κ1) is 11.4. The third-order valence-electron chi connectivity index (χ3n) is 2.15. The van der Waals surface area contributed by atoms with E-state index in [1.54, 1.807) is 21.5 Å². The van der Waals surface area contributed by atoms with Crippen molar-refractivity contribution in [3.8, 4) is 0 Å². The lowest BCUT2D eigenvalue weighted by Gasteiger charge is -2.04. The maximum Gasteiger partial charge on any atom is 0.328 e. The maximum atomic E-state index is 11.7. The second kappa shape index (κ2) is 5.26. The summed E-state index contributed by atoms with van der Waals surface area (Å²) in [5.74, 6) is 0. The Morgan fingerprint density at radius 2 is 2.27 bits per heavy atom. The van der Waals surface area contributed by atoms with E-state index in [0.29, 0.717) is 19.5 Å². The van der Waals surface area contributed by atoms with E-state index < -0.39 is 0 Å². The molecule has 15 heavy (non-hydrogen) atoms. The number of aryl methyl sites for hydroxylation is 1. The smallest absolute Gasteiger partial charge is 0.299 e.